The van der Waals surface area contributed by atoms with Crippen molar-refractivity contribution in [1.29, 1.82) is 0 Å². The number of pyridine rings is 1. The van der Waals surface area contributed by atoms with E-state index in [1.807, 2.05) is 30.3 Å². The van der Waals surface area contributed by atoms with Crippen molar-refractivity contribution in [3.8, 4) is 17.0 Å². The fraction of sp³-hybridized carbons (Fsp3) is 0.188. The van der Waals surface area contributed by atoms with Gasteiger partial charge in [0.1, 0.15) is 5.75 Å². The highest BCUT2D eigenvalue weighted by molar-refractivity contribution is 5.92. The second-order valence-corrected chi connectivity index (χ2v) is 4.87. The first-order valence-corrected chi connectivity index (χ1v) is 6.83. The molecule has 0 atom stereocenters. The quantitative estimate of drug-likeness (QED) is 0.801. The van der Waals surface area contributed by atoms with Crippen LogP contribution in [0.3, 0.4) is 0 Å². The summed E-state index contributed by atoms with van der Waals surface area (Å²) in [6.07, 6.45) is 1.70. The van der Waals surface area contributed by atoms with Gasteiger partial charge in [-0.15, -0.1) is 0 Å². The van der Waals surface area contributed by atoms with Crippen LogP contribution in [-0.4, -0.2) is 28.7 Å². The van der Waals surface area contributed by atoms with E-state index in [1.54, 1.807) is 27.4 Å². The Morgan fingerprint density at radius 1 is 1.14 bits per heavy atom. The number of rotatable bonds is 3. The van der Waals surface area contributed by atoms with E-state index in [4.69, 9.17) is 4.74 Å². The Kier molecular flexibility index (Phi) is 3.50. The summed E-state index contributed by atoms with van der Waals surface area (Å²) in [6, 6.07) is 9.26. The van der Waals surface area contributed by atoms with Crippen LogP contribution in [-0.2, 0) is 7.05 Å². The van der Waals surface area contributed by atoms with Crippen LogP contribution >= 0.6 is 0 Å². The maximum Gasteiger partial charge on any atom is 0.261 e. The third-order valence-electron chi connectivity index (χ3n) is 3.51. The Morgan fingerprint density at radius 3 is 2.50 bits per heavy atom. The summed E-state index contributed by atoms with van der Waals surface area (Å²) in [5.74, 6) is 1.23. The van der Waals surface area contributed by atoms with Gasteiger partial charge in [0.15, 0.2) is 0 Å². The van der Waals surface area contributed by atoms with Crippen molar-refractivity contribution in [2.75, 3.05) is 19.5 Å². The minimum atomic E-state index is -0.119. The van der Waals surface area contributed by atoms with Crippen LogP contribution in [0.1, 0.15) is 0 Å². The number of fused-ring (bicyclic) bond motifs is 1. The van der Waals surface area contributed by atoms with Gasteiger partial charge in [-0.2, -0.15) is 0 Å². The third kappa shape index (κ3) is 2.28. The predicted molar refractivity (Wildman–Crippen MR) is 86.3 cm³/mol. The molecule has 0 aliphatic heterocycles. The number of nitrogens with zero attached hydrogens (tertiary/aromatic N) is 3. The lowest BCUT2D eigenvalue weighted by molar-refractivity contribution is 0.415. The minimum absolute atomic E-state index is 0.119. The van der Waals surface area contributed by atoms with E-state index in [-0.39, 0.29) is 5.56 Å². The Morgan fingerprint density at radius 2 is 1.86 bits per heavy atom. The first-order valence-electron chi connectivity index (χ1n) is 6.83. The molecule has 0 aliphatic carbocycles. The Balaban J connectivity index is 2.34. The Bertz CT molecular complexity index is 885. The molecular formula is C16H16N4O2. The van der Waals surface area contributed by atoms with E-state index in [9.17, 15) is 4.79 Å². The lowest BCUT2D eigenvalue weighted by Gasteiger charge is -2.09. The lowest BCUT2D eigenvalue weighted by atomic mass is 10.1. The summed E-state index contributed by atoms with van der Waals surface area (Å²) in [4.78, 5) is 21.3. The third-order valence-corrected chi connectivity index (χ3v) is 3.51. The van der Waals surface area contributed by atoms with Crippen molar-refractivity contribution in [3.63, 3.8) is 0 Å². The van der Waals surface area contributed by atoms with E-state index >= 15 is 0 Å². The molecule has 0 saturated heterocycles. The molecule has 0 aliphatic rings. The molecule has 3 rings (SSSR count). The number of aryl methyl sites for hydroxylation is 1. The molecule has 2 heterocycles. The summed E-state index contributed by atoms with van der Waals surface area (Å²) in [6.45, 7) is 0. The summed E-state index contributed by atoms with van der Waals surface area (Å²) >= 11 is 0. The molecule has 0 saturated carbocycles. The maximum absolute atomic E-state index is 12.5. The van der Waals surface area contributed by atoms with Crippen molar-refractivity contribution >= 4 is 16.9 Å². The zero-order valence-electron chi connectivity index (χ0n) is 12.6. The standard InChI is InChI=1S/C16H16N4O2/c1-17-16-18-12-8-9-20(2)15(21)13(12)14(19-16)10-4-6-11(22-3)7-5-10/h4-9H,1-3H3,(H,17,18,19). The summed E-state index contributed by atoms with van der Waals surface area (Å²) in [7, 11) is 5.08. The van der Waals surface area contributed by atoms with E-state index < -0.39 is 0 Å². The van der Waals surface area contributed by atoms with Gasteiger partial charge in [-0.3, -0.25) is 4.79 Å². The molecule has 0 amide bonds. The first kappa shape index (κ1) is 14.1. The number of anilines is 1. The first-order chi connectivity index (χ1) is 10.6. The molecule has 22 heavy (non-hydrogen) atoms. The SMILES string of the molecule is CNc1nc(-c2ccc(OC)cc2)c2c(=O)n(C)ccc2n1. The number of ether oxygens (including phenoxy) is 1. The van der Waals surface area contributed by atoms with Gasteiger partial charge in [-0.25, -0.2) is 9.97 Å². The molecule has 1 N–H and O–H groups in total. The Labute approximate surface area is 127 Å². The van der Waals surface area contributed by atoms with Crippen LogP contribution in [0.5, 0.6) is 5.75 Å². The van der Waals surface area contributed by atoms with Gasteiger partial charge in [0.2, 0.25) is 5.95 Å². The zero-order chi connectivity index (χ0) is 15.7. The van der Waals surface area contributed by atoms with Crippen LogP contribution < -0.4 is 15.6 Å². The van der Waals surface area contributed by atoms with Gasteiger partial charge in [-0.05, 0) is 30.3 Å². The highest BCUT2D eigenvalue weighted by atomic mass is 16.5. The molecule has 0 radical (unpaired) electrons. The van der Waals surface area contributed by atoms with E-state index in [1.165, 1.54) is 4.57 Å². The van der Waals surface area contributed by atoms with Crippen LogP contribution in [0.25, 0.3) is 22.2 Å². The molecular weight excluding hydrogens is 280 g/mol. The van der Waals surface area contributed by atoms with Crippen LogP contribution in [0.2, 0.25) is 0 Å². The van der Waals surface area contributed by atoms with Crippen molar-refractivity contribution in [1.82, 2.24) is 14.5 Å². The van der Waals surface area contributed by atoms with Crippen LogP contribution in [0.15, 0.2) is 41.3 Å². The normalized spacial score (nSPS) is 10.7. The largest absolute Gasteiger partial charge is 0.497 e. The highest BCUT2D eigenvalue weighted by Crippen LogP contribution is 2.26. The fourth-order valence-electron chi connectivity index (χ4n) is 2.31. The number of aromatic nitrogens is 3. The van der Waals surface area contributed by atoms with Gasteiger partial charge in [-0.1, -0.05) is 0 Å². The van der Waals surface area contributed by atoms with Crippen LogP contribution in [0, 0.1) is 0 Å². The van der Waals surface area contributed by atoms with Gasteiger partial charge in [0.05, 0.1) is 23.7 Å². The second kappa shape index (κ2) is 5.48. The van der Waals surface area contributed by atoms with E-state index in [0.29, 0.717) is 22.5 Å². The monoisotopic (exact) mass is 296 g/mol. The van der Waals surface area contributed by atoms with Gasteiger partial charge in [0.25, 0.3) is 5.56 Å². The molecule has 1 aromatic carbocycles. The van der Waals surface area contributed by atoms with Crippen molar-refractivity contribution < 1.29 is 4.74 Å². The number of hydrogen-bond acceptors (Lipinski definition) is 5. The minimum Gasteiger partial charge on any atom is -0.497 e. The smallest absolute Gasteiger partial charge is 0.261 e. The van der Waals surface area contributed by atoms with Gasteiger partial charge < -0.3 is 14.6 Å². The number of hydrogen-bond donors (Lipinski definition) is 1. The summed E-state index contributed by atoms with van der Waals surface area (Å²) in [5, 5.41) is 3.44. The van der Waals surface area contributed by atoms with Crippen LogP contribution in [0.4, 0.5) is 5.95 Å². The average Bonchev–Trinajstić information content (AvgIpc) is 2.57. The number of methoxy groups -OCH3 is 1. The molecule has 0 unspecified atom stereocenters. The molecule has 0 fully saturated rings. The topological polar surface area (TPSA) is 69.0 Å². The number of nitrogens with one attached hydrogen (secondary N) is 1. The fourth-order valence-corrected chi connectivity index (χ4v) is 2.31. The maximum atomic E-state index is 12.5. The summed E-state index contributed by atoms with van der Waals surface area (Å²) in [5.41, 5.74) is 1.95. The van der Waals surface area contributed by atoms with E-state index in [2.05, 4.69) is 15.3 Å². The predicted octanol–water partition coefficient (Wildman–Crippen LogP) is 2.05. The molecule has 6 nitrogen and oxygen atoms in total. The molecule has 3 aromatic rings. The van der Waals surface area contributed by atoms with Gasteiger partial charge >= 0.3 is 0 Å². The second-order valence-electron chi connectivity index (χ2n) is 4.87. The lowest BCUT2D eigenvalue weighted by Crippen LogP contribution is -2.17. The molecule has 112 valence electrons. The van der Waals surface area contributed by atoms with Crippen molar-refractivity contribution in [3.05, 3.63) is 46.9 Å². The molecule has 0 bridgehead atoms. The van der Waals surface area contributed by atoms with Crippen molar-refractivity contribution in [2.24, 2.45) is 7.05 Å². The Hall–Kier alpha value is -2.89. The molecule has 2 aromatic heterocycles. The van der Waals surface area contributed by atoms with E-state index in [0.717, 1.165) is 11.3 Å². The molecule has 6 heteroatoms. The zero-order valence-corrected chi connectivity index (χ0v) is 12.6. The summed E-state index contributed by atoms with van der Waals surface area (Å²) < 4.78 is 6.69. The number of benzene rings is 1. The molecule has 0 spiro atoms. The highest BCUT2D eigenvalue weighted by Gasteiger charge is 2.13. The van der Waals surface area contributed by atoms with Crippen molar-refractivity contribution in [2.45, 2.75) is 0 Å². The van der Waals surface area contributed by atoms with Gasteiger partial charge in [0, 0.05) is 25.9 Å². The average molecular weight is 296 g/mol.